The van der Waals surface area contributed by atoms with Gasteiger partial charge in [0, 0.05) is 22.9 Å². The lowest BCUT2D eigenvalue weighted by molar-refractivity contribution is -0.138. The van der Waals surface area contributed by atoms with Gasteiger partial charge in [-0.25, -0.2) is 8.42 Å². The first kappa shape index (κ1) is 19.1. The van der Waals surface area contributed by atoms with Crippen LogP contribution in [0.25, 0.3) is 10.9 Å². The lowest BCUT2D eigenvalue weighted by Crippen LogP contribution is -2.15. The minimum absolute atomic E-state index is 0.00593. The molecule has 0 saturated carbocycles. The number of carboxylic acids is 1. The number of aromatic nitrogens is 1. The predicted octanol–water partition coefficient (Wildman–Crippen LogP) is 3.57. The molecule has 1 unspecified atom stereocenters. The molecule has 1 N–H and O–H groups in total. The van der Waals surface area contributed by atoms with Gasteiger partial charge < -0.3 is 5.11 Å². The number of halogens is 1. The van der Waals surface area contributed by atoms with Crippen LogP contribution in [0.1, 0.15) is 28.8 Å². The summed E-state index contributed by atoms with van der Waals surface area (Å²) in [4.78, 5) is 24.5. The number of carbonyl (C=O) groups is 2. The standard InChI is InChI=1S/C19H16ClNO5S/c1-11(19(23)24)15-10-21(16-9-12(20)7-8-13(15)16)18(22)14-5-3-4-6-17(14)27(2,25)26/h3-11H,1-2H3,(H,23,24). The Morgan fingerprint density at radius 1 is 1.15 bits per heavy atom. The summed E-state index contributed by atoms with van der Waals surface area (Å²) in [6.45, 7) is 1.52. The number of fused-ring (bicyclic) bond motifs is 1. The first-order valence-electron chi connectivity index (χ1n) is 7.98. The molecule has 3 aromatic rings. The van der Waals surface area contributed by atoms with Crippen LogP contribution >= 0.6 is 11.6 Å². The van der Waals surface area contributed by atoms with E-state index in [1.54, 1.807) is 24.3 Å². The molecule has 1 aromatic heterocycles. The molecule has 8 heteroatoms. The van der Waals surface area contributed by atoms with Crippen molar-refractivity contribution >= 4 is 44.2 Å². The summed E-state index contributed by atoms with van der Waals surface area (Å²) in [6, 6.07) is 10.7. The van der Waals surface area contributed by atoms with Gasteiger partial charge in [-0.15, -0.1) is 0 Å². The van der Waals surface area contributed by atoms with Gasteiger partial charge in [0.05, 0.1) is 21.9 Å². The van der Waals surface area contributed by atoms with Gasteiger partial charge in [0.1, 0.15) is 0 Å². The fourth-order valence-corrected chi connectivity index (χ4v) is 4.02. The normalized spacial score (nSPS) is 12.9. The molecular weight excluding hydrogens is 390 g/mol. The monoisotopic (exact) mass is 405 g/mol. The van der Waals surface area contributed by atoms with E-state index in [4.69, 9.17) is 11.6 Å². The third kappa shape index (κ3) is 3.48. The van der Waals surface area contributed by atoms with Gasteiger partial charge >= 0.3 is 5.97 Å². The molecule has 0 bridgehead atoms. The molecule has 1 atom stereocenters. The SMILES string of the molecule is CC(C(=O)O)c1cn(C(=O)c2ccccc2S(C)(=O)=O)c2cc(Cl)ccc12. The van der Waals surface area contributed by atoms with Crippen molar-refractivity contribution in [3.63, 3.8) is 0 Å². The van der Waals surface area contributed by atoms with Crippen LogP contribution in [0.2, 0.25) is 5.02 Å². The number of carboxylic acid groups (broad SMARTS) is 1. The maximum absolute atomic E-state index is 13.2. The van der Waals surface area contributed by atoms with Crippen LogP contribution < -0.4 is 0 Å². The summed E-state index contributed by atoms with van der Waals surface area (Å²) < 4.78 is 25.3. The van der Waals surface area contributed by atoms with Gasteiger partial charge in [-0.05, 0) is 36.8 Å². The highest BCUT2D eigenvalue weighted by Crippen LogP contribution is 2.31. The van der Waals surface area contributed by atoms with Gasteiger partial charge in [0.25, 0.3) is 5.91 Å². The zero-order valence-corrected chi connectivity index (χ0v) is 16.1. The first-order chi connectivity index (χ1) is 12.6. The van der Waals surface area contributed by atoms with Crippen molar-refractivity contribution in [3.8, 4) is 0 Å². The Hall–Kier alpha value is -2.64. The quantitative estimate of drug-likeness (QED) is 0.716. The van der Waals surface area contributed by atoms with Crippen LogP contribution in [0.4, 0.5) is 0 Å². The summed E-state index contributed by atoms with van der Waals surface area (Å²) >= 11 is 6.06. The van der Waals surface area contributed by atoms with Crippen molar-refractivity contribution in [1.82, 2.24) is 4.57 Å². The molecule has 0 spiro atoms. The zero-order valence-electron chi connectivity index (χ0n) is 14.5. The van der Waals surface area contributed by atoms with E-state index in [0.717, 1.165) is 6.26 Å². The van der Waals surface area contributed by atoms with Crippen molar-refractivity contribution < 1.29 is 23.1 Å². The van der Waals surface area contributed by atoms with Crippen LogP contribution in [-0.4, -0.2) is 36.2 Å². The van der Waals surface area contributed by atoms with E-state index in [1.165, 1.54) is 35.9 Å². The van der Waals surface area contributed by atoms with E-state index in [0.29, 0.717) is 21.5 Å². The third-order valence-electron chi connectivity index (χ3n) is 4.37. The highest BCUT2D eigenvalue weighted by Gasteiger charge is 2.25. The van der Waals surface area contributed by atoms with Gasteiger partial charge in [0.15, 0.2) is 9.84 Å². The molecule has 27 heavy (non-hydrogen) atoms. The van der Waals surface area contributed by atoms with Crippen LogP contribution in [0, 0.1) is 0 Å². The minimum atomic E-state index is -3.63. The Kier molecular flexibility index (Phi) is 4.84. The van der Waals surface area contributed by atoms with E-state index in [-0.39, 0.29) is 10.5 Å². The van der Waals surface area contributed by atoms with Gasteiger partial charge in [0.2, 0.25) is 0 Å². The number of rotatable bonds is 4. The van der Waals surface area contributed by atoms with Crippen molar-refractivity contribution in [2.75, 3.05) is 6.26 Å². The summed E-state index contributed by atoms with van der Waals surface area (Å²) in [5, 5.41) is 10.3. The topological polar surface area (TPSA) is 93.4 Å². The maximum Gasteiger partial charge on any atom is 0.310 e. The highest BCUT2D eigenvalue weighted by atomic mass is 35.5. The first-order valence-corrected chi connectivity index (χ1v) is 10.3. The molecule has 6 nitrogen and oxygen atoms in total. The largest absolute Gasteiger partial charge is 0.481 e. The van der Waals surface area contributed by atoms with Crippen LogP contribution in [0.15, 0.2) is 53.6 Å². The second kappa shape index (κ2) is 6.83. The fraction of sp³-hybridized carbons (Fsp3) is 0.158. The molecule has 0 fully saturated rings. The summed E-state index contributed by atoms with van der Waals surface area (Å²) in [5.41, 5.74) is 0.865. The summed E-state index contributed by atoms with van der Waals surface area (Å²) in [6.07, 6.45) is 2.46. The Morgan fingerprint density at radius 2 is 1.81 bits per heavy atom. The molecule has 0 saturated heterocycles. The number of hydrogen-bond acceptors (Lipinski definition) is 4. The number of hydrogen-bond donors (Lipinski definition) is 1. The predicted molar refractivity (Wildman–Crippen MR) is 102 cm³/mol. The minimum Gasteiger partial charge on any atom is -0.481 e. The fourth-order valence-electron chi connectivity index (χ4n) is 2.97. The molecule has 3 rings (SSSR count). The van der Waals surface area contributed by atoms with E-state index < -0.39 is 27.6 Å². The molecule has 0 aliphatic rings. The van der Waals surface area contributed by atoms with Crippen LogP contribution in [0.3, 0.4) is 0 Å². The zero-order chi connectivity index (χ0) is 19.9. The van der Waals surface area contributed by atoms with E-state index >= 15 is 0 Å². The Balaban J connectivity index is 2.28. The van der Waals surface area contributed by atoms with Crippen molar-refractivity contribution in [3.05, 3.63) is 64.8 Å². The second-order valence-corrected chi connectivity index (χ2v) is 8.67. The smallest absolute Gasteiger partial charge is 0.310 e. The van der Waals surface area contributed by atoms with Crippen molar-refractivity contribution in [2.45, 2.75) is 17.7 Å². The Labute approximate surface area is 160 Å². The molecular formula is C19H16ClNO5S. The molecule has 0 aliphatic heterocycles. The number of sulfone groups is 1. The lowest BCUT2D eigenvalue weighted by Gasteiger charge is -2.09. The number of carbonyl (C=O) groups excluding carboxylic acids is 1. The van der Waals surface area contributed by atoms with Crippen LogP contribution in [0.5, 0.6) is 0 Å². The van der Waals surface area contributed by atoms with Gasteiger partial charge in [-0.2, -0.15) is 0 Å². The molecule has 1 heterocycles. The highest BCUT2D eigenvalue weighted by molar-refractivity contribution is 7.90. The van der Waals surface area contributed by atoms with Crippen LogP contribution in [-0.2, 0) is 14.6 Å². The molecule has 0 aliphatic carbocycles. The van der Waals surface area contributed by atoms with Crippen molar-refractivity contribution in [1.29, 1.82) is 0 Å². The van der Waals surface area contributed by atoms with E-state index in [1.807, 2.05) is 0 Å². The summed E-state index contributed by atoms with van der Waals surface area (Å²) in [7, 11) is -3.63. The number of aliphatic carboxylic acids is 1. The average Bonchev–Trinajstić information content (AvgIpc) is 2.98. The van der Waals surface area contributed by atoms with E-state index in [2.05, 4.69) is 0 Å². The van der Waals surface area contributed by atoms with Gasteiger partial charge in [-0.1, -0.05) is 29.8 Å². The molecule has 2 aromatic carbocycles. The number of nitrogens with zero attached hydrogens (tertiary/aromatic N) is 1. The second-order valence-electron chi connectivity index (χ2n) is 6.25. The van der Waals surface area contributed by atoms with Gasteiger partial charge in [-0.3, -0.25) is 14.2 Å². The molecule has 0 radical (unpaired) electrons. The molecule has 0 amide bonds. The number of benzene rings is 2. The molecule has 140 valence electrons. The summed E-state index contributed by atoms with van der Waals surface area (Å²) in [5.74, 6) is -2.46. The Morgan fingerprint density at radius 3 is 2.44 bits per heavy atom. The van der Waals surface area contributed by atoms with E-state index in [9.17, 15) is 23.1 Å². The van der Waals surface area contributed by atoms with Crippen molar-refractivity contribution in [2.24, 2.45) is 0 Å². The Bertz CT molecular complexity index is 1180. The lowest BCUT2D eigenvalue weighted by atomic mass is 10.0. The average molecular weight is 406 g/mol. The maximum atomic E-state index is 13.2. The third-order valence-corrected chi connectivity index (χ3v) is 5.76.